The van der Waals surface area contributed by atoms with Crippen molar-refractivity contribution in [2.75, 3.05) is 27.7 Å². The SMILES string of the molecule is CNC(CN(C)C)c1ccc(C(C)(C)C)cc1. The lowest BCUT2D eigenvalue weighted by Crippen LogP contribution is -2.28. The second kappa shape index (κ2) is 5.65. The van der Waals surface area contributed by atoms with Gasteiger partial charge in [0.05, 0.1) is 0 Å². The zero-order valence-corrected chi connectivity index (χ0v) is 12.0. The normalized spacial score (nSPS) is 14.1. The van der Waals surface area contributed by atoms with E-state index in [9.17, 15) is 0 Å². The van der Waals surface area contributed by atoms with Crippen LogP contribution in [0.5, 0.6) is 0 Å². The fourth-order valence-electron chi connectivity index (χ4n) is 1.94. The highest BCUT2D eigenvalue weighted by Crippen LogP contribution is 2.24. The Morgan fingerprint density at radius 3 is 2.00 bits per heavy atom. The Labute approximate surface area is 106 Å². The molecule has 0 amide bonds. The largest absolute Gasteiger partial charge is 0.312 e. The van der Waals surface area contributed by atoms with Crippen molar-refractivity contribution in [1.29, 1.82) is 0 Å². The molecule has 0 fully saturated rings. The molecule has 1 unspecified atom stereocenters. The van der Waals surface area contributed by atoms with Crippen molar-refractivity contribution < 1.29 is 0 Å². The first-order chi connectivity index (χ1) is 7.84. The number of benzene rings is 1. The van der Waals surface area contributed by atoms with Gasteiger partial charge in [-0.3, -0.25) is 0 Å². The maximum absolute atomic E-state index is 3.37. The molecule has 1 aromatic rings. The van der Waals surface area contributed by atoms with Crippen LogP contribution in [0.1, 0.15) is 37.9 Å². The van der Waals surface area contributed by atoms with Crippen LogP contribution in [0.2, 0.25) is 0 Å². The number of likely N-dealkylation sites (N-methyl/N-ethyl adjacent to an activating group) is 2. The van der Waals surface area contributed by atoms with Gasteiger partial charge in [0.25, 0.3) is 0 Å². The van der Waals surface area contributed by atoms with Crippen LogP contribution in [0.4, 0.5) is 0 Å². The highest BCUT2D eigenvalue weighted by Gasteiger charge is 2.15. The molecule has 0 heterocycles. The van der Waals surface area contributed by atoms with E-state index in [0.717, 1.165) is 6.54 Å². The van der Waals surface area contributed by atoms with Gasteiger partial charge in [0, 0.05) is 12.6 Å². The van der Waals surface area contributed by atoms with E-state index in [2.05, 4.69) is 69.3 Å². The topological polar surface area (TPSA) is 15.3 Å². The fourth-order valence-corrected chi connectivity index (χ4v) is 1.94. The third-order valence-corrected chi connectivity index (χ3v) is 3.08. The van der Waals surface area contributed by atoms with E-state index in [1.165, 1.54) is 11.1 Å². The number of rotatable bonds is 4. The zero-order chi connectivity index (χ0) is 13.1. The van der Waals surface area contributed by atoms with Gasteiger partial charge in [0.15, 0.2) is 0 Å². The van der Waals surface area contributed by atoms with Crippen LogP contribution >= 0.6 is 0 Å². The van der Waals surface area contributed by atoms with Crippen LogP contribution in [0.3, 0.4) is 0 Å². The molecule has 17 heavy (non-hydrogen) atoms. The summed E-state index contributed by atoms with van der Waals surface area (Å²) < 4.78 is 0. The lowest BCUT2D eigenvalue weighted by atomic mass is 9.86. The summed E-state index contributed by atoms with van der Waals surface area (Å²) in [6.07, 6.45) is 0. The lowest BCUT2D eigenvalue weighted by Gasteiger charge is -2.23. The van der Waals surface area contributed by atoms with Crippen molar-refractivity contribution in [3.63, 3.8) is 0 Å². The molecule has 0 bridgehead atoms. The van der Waals surface area contributed by atoms with Gasteiger partial charge in [-0.1, -0.05) is 45.0 Å². The van der Waals surface area contributed by atoms with Gasteiger partial charge in [-0.2, -0.15) is 0 Å². The van der Waals surface area contributed by atoms with Crippen molar-refractivity contribution in [1.82, 2.24) is 10.2 Å². The molecule has 1 aromatic carbocycles. The molecule has 0 spiro atoms. The van der Waals surface area contributed by atoms with Crippen molar-refractivity contribution in [2.24, 2.45) is 0 Å². The minimum atomic E-state index is 0.231. The summed E-state index contributed by atoms with van der Waals surface area (Å²) in [5, 5.41) is 3.37. The standard InChI is InChI=1S/C15H26N2/c1-15(2,3)13-9-7-12(8-10-13)14(16-4)11-17(5)6/h7-10,14,16H,11H2,1-6H3. The van der Waals surface area contributed by atoms with Crippen LogP contribution in [0.15, 0.2) is 24.3 Å². The minimum Gasteiger partial charge on any atom is -0.312 e. The summed E-state index contributed by atoms with van der Waals surface area (Å²) >= 11 is 0. The average Bonchev–Trinajstić information content (AvgIpc) is 2.24. The van der Waals surface area contributed by atoms with Gasteiger partial charge in [0.2, 0.25) is 0 Å². The third-order valence-electron chi connectivity index (χ3n) is 3.08. The van der Waals surface area contributed by atoms with Crippen molar-refractivity contribution in [3.05, 3.63) is 35.4 Å². The fraction of sp³-hybridized carbons (Fsp3) is 0.600. The molecular weight excluding hydrogens is 208 g/mol. The molecule has 1 atom stereocenters. The van der Waals surface area contributed by atoms with E-state index in [1.54, 1.807) is 0 Å². The first kappa shape index (κ1) is 14.2. The molecule has 0 radical (unpaired) electrons. The number of nitrogens with one attached hydrogen (secondary N) is 1. The maximum atomic E-state index is 3.37. The second-order valence-corrected chi connectivity index (χ2v) is 5.98. The summed E-state index contributed by atoms with van der Waals surface area (Å²) in [7, 11) is 6.23. The summed E-state index contributed by atoms with van der Waals surface area (Å²) in [4.78, 5) is 2.21. The van der Waals surface area contributed by atoms with Gasteiger partial charge in [-0.25, -0.2) is 0 Å². The Morgan fingerprint density at radius 2 is 1.65 bits per heavy atom. The molecular formula is C15H26N2. The summed E-state index contributed by atoms with van der Waals surface area (Å²) in [5.74, 6) is 0. The number of hydrogen-bond acceptors (Lipinski definition) is 2. The molecule has 0 aliphatic rings. The van der Waals surface area contributed by atoms with Crippen molar-refractivity contribution in [2.45, 2.75) is 32.2 Å². The zero-order valence-electron chi connectivity index (χ0n) is 12.0. The first-order valence-corrected chi connectivity index (χ1v) is 6.27. The highest BCUT2D eigenvalue weighted by molar-refractivity contribution is 5.29. The molecule has 0 saturated carbocycles. The van der Waals surface area contributed by atoms with Gasteiger partial charge >= 0.3 is 0 Å². The molecule has 0 aromatic heterocycles. The van der Waals surface area contributed by atoms with E-state index in [4.69, 9.17) is 0 Å². The Hall–Kier alpha value is -0.860. The van der Waals surface area contributed by atoms with Gasteiger partial charge in [0.1, 0.15) is 0 Å². The van der Waals surface area contributed by atoms with Gasteiger partial charge < -0.3 is 10.2 Å². The predicted octanol–water partition coefficient (Wildman–Crippen LogP) is 2.81. The van der Waals surface area contributed by atoms with Crippen LogP contribution in [-0.2, 0) is 5.41 Å². The lowest BCUT2D eigenvalue weighted by molar-refractivity contribution is 0.352. The van der Waals surface area contributed by atoms with Crippen LogP contribution in [0, 0.1) is 0 Å². The quantitative estimate of drug-likeness (QED) is 0.862. The monoisotopic (exact) mass is 234 g/mol. The summed E-state index contributed by atoms with van der Waals surface area (Å²) in [6, 6.07) is 9.38. The predicted molar refractivity (Wildman–Crippen MR) is 75.5 cm³/mol. The van der Waals surface area contributed by atoms with E-state index in [1.807, 2.05) is 7.05 Å². The van der Waals surface area contributed by atoms with E-state index in [0.29, 0.717) is 6.04 Å². The highest BCUT2D eigenvalue weighted by atomic mass is 15.1. The van der Waals surface area contributed by atoms with E-state index in [-0.39, 0.29) is 5.41 Å². The molecule has 0 saturated heterocycles. The Morgan fingerprint density at radius 1 is 1.12 bits per heavy atom. The maximum Gasteiger partial charge on any atom is 0.0446 e. The summed E-state index contributed by atoms with van der Waals surface area (Å²) in [5.41, 5.74) is 2.98. The molecule has 2 nitrogen and oxygen atoms in total. The van der Waals surface area contributed by atoms with E-state index >= 15 is 0 Å². The minimum absolute atomic E-state index is 0.231. The molecule has 2 heteroatoms. The van der Waals surface area contributed by atoms with Crippen LogP contribution in [0.25, 0.3) is 0 Å². The average molecular weight is 234 g/mol. The number of nitrogens with zero attached hydrogens (tertiary/aromatic N) is 1. The summed E-state index contributed by atoms with van der Waals surface area (Å²) in [6.45, 7) is 7.76. The second-order valence-electron chi connectivity index (χ2n) is 5.98. The van der Waals surface area contributed by atoms with Crippen molar-refractivity contribution in [3.8, 4) is 0 Å². The molecule has 0 aliphatic carbocycles. The third kappa shape index (κ3) is 4.14. The smallest absolute Gasteiger partial charge is 0.0446 e. The van der Waals surface area contributed by atoms with Gasteiger partial charge in [-0.15, -0.1) is 0 Å². The van der Waals surface area contributed by atoms with Crippen molar-refractivity contribution >= 4 is 0 Å². The Bertz CT molecular complexity index is 333. The van der Waals surface area contributed by atoms with Crippen LogP contribution in [-0.4, -0.2) is 32.6 Å². The van der Waals surface area contributed by atoms with E-state index < -0.39 is 0 Å². The first-order valence-electron chi connectivity index (χ1n) is 6.27. The van der Waals surface area contributed by atoms with Crippen LogP contribution < -0.4 is 5.32 Å². The molecule has 96 valence electrons. The Balaban J connectivity index is 2.85. The number of hydrogen-bond donors (Lipinski definition) is 1. The molecule has 1 rings (SSSR count). The molecule has 0 aliphatic heterocycles. The Kier molecular flexibility index (Phi) is 4.72. The van der Waals surface area contributed by atoms with Gasteiger partial charge in [-0.05, 0) is 37.7 Å². The molecule has 1 N–H and O–H groups in total.